The van der Waals surface area contributed by atoms with E-state index in [0.717, 1.165) is 38.5 Å². The van der Waals surface area contributed by atoms with Crippen LogP contribution >= 0.6 is 0 Å². The molecule has 4 aliphatic carbocycles. The molecule has 37 heavy (non-hydrogen) atoms. The Morgan fingerprint density at radius 1 is 0.865 bits per heavy atom. The Bertz CT molecular complexity index is 885. The molecule has 214 valence electrons. The van der Waals surface area contributed by atoms with Crippen molar-refractivity contribution in [2.24, 2.45) is 51.2 Å². The number of rotatable bonds is 4. The molecule has 1 heterocycles. The fourth-order valence-corrected chi connectivity index (χ4v) is 12.0. The fraction of sp³-hybridized carbons (Fsp3) is 1.00. The summed E-state index contributed by atoms with van der Waals surface area (Å²) < 4.78 is 6.55. The lowest BCUT2D eigenvalue weighted by Crippen LogP contribution is -2.66. The van der Waals surface area contributed by atoms with Crippen LogP contribution in [0.3, 0.4) is 0 Å². The summed E-state index contributed by atoms with van der Waals surface area (Å²) in [7, 11) is 0. The van der Waals surface area contributed by atoms with E-state index in [1.807, 2.05) is 0 Å². The highest BCUT2D eigenvalue weighted by molar-refractivity contribution is 5.21. The monoisotopic (exact) mass is 520 g/mol. The van der Waals surface area contributed by atoms with E-state index >= 15 is 0 Å². The molecule has 1 saturated heterocycles. The molecule has 5 nitrogen and oxygen atoms in total. The van der Waals surface area contributed by atoms with E-state index in [0.29, 0.717) is 24.2 Å². The highest BCUT2D eigenvalue weighted by atomic mass is 16.5. The zero-order valence-corrected chi connectivity index (χ0v) is 24.9. The summed E-state index contributed by atoms with van der Waals surface area (Å²) >= 11 is 0. The van der Waals surface area contributed by atoms with Crippen LogP contribution < -0.4 is 0 Å². The van der Waals surface area contributed by atoms with Gasteiger partial charge in [-0.2, -0.15) is 0 Å². The van der Waals surface area contributed by atoms with Gasteiger partial charge in [-0.05, 0) is 117 Å². The maximum absolute atomic E-state index is 12.0. The van der Waals surface area contributed by atoms with Crippen LogP contribution in [0.1, 0.15) is 113 Å². The van der Waals surface area contributed by atoms with Crippen LogP contribution in [-0.4, -0.2) is 56.5 Å². The number of ether oxygens (including phenoxy) is 1. The molecular weight excluding hydrogens is 464 g/mol. The van der Waals surface area contributed by atoms with Crippen molar-refractivity contribution in [3.8, 4) is 0 Å². The molecule has 4 saturated carbocycles. The smallest absolute Gasteiger partial charge is 0.112 e. The second-order valence-corrected chi connectivity index (χ2v) is 16.0. The molecule has 0 aromatic heterocycles. The van der Waals surface area contributed by atoms with Crippen LogP contribution in [0.5, 0.6) is 0 Å². The predicted molar refractivity (Wildman–Crippen MR) is 146 cm³/mol. The summed E-state index contributed by atoms with van der Waals surface area (Å²) in [6.45, 7) is 18.0. The van der Waals surface area contributed by atoms with Crippen molar-refractivity contribution in [1.29, 1.82) is 0 Å². The third-order valence-electron chi connectivity index (χ3n) is 14.1. The Morgan fingerprint density at radius 3 is 2.08 bits per heavy atom. The van der Waals surface area contributed by atoms with Crippen LogP contribution in [0.4, 0.5) is 0 Å². The molecule has 11 unspecified atom stereocenters. The van der Waals surface area contributed by atoms with E-state index in [1.54, 1.807) is 13.8 Å². The van der Waals surface area contributed by atoms with Crippen LogP contribution in [-0.2, 0) is 4.74 Å². The third kappa shape index (κ3) is 3.65. The minimum atomic E-state index is -1.11. The van der Waals surface area contributed by atoms with E-state index in [-0.39, 0.29) is 40.1 Å². The maximum Gasteiger partial charge on any atom is 0.112 e. The van der Waals surface area contributed by atoms with Crippen LogP contribution in [0, 0.1) is 51.2 Å². The number of fused-ring (bicyclic) bond motifs is 5. The summed E-state index contributed by atoms with van der Waals surface area (Å²) in [4.78, 5) is 0. The molecule has 0 amide bonds. The van der Waals surface area contributed by atoms with Gasteiger partial charge in [0, 0.05) is 13.0 Å². The Hall–Kier alpha value is -0.200. The molecule has 4 N–H and O–H groups in total. The first-order chi connectivity index (χ1) is 17.0. The maximum atomic E-state index is 12.0. The van der Waals surface area contributed by atoms with Gasteiger partial charge >= 0.3 is 0 Å². The second-order valence-electron chi connectivity index (χ2n) is 16.0. The van der Waals surface area contributed by atoms with Gasteiger partial charge in [0.25, 0.3) is 0 Å². The van der Waals surface area contributed by atoms with Crippen molar-refractivity contribution in [3.63, 3.8) is 0 Å². The van der Waals surface area contributed by atoms with Gasteiger partial charge in [0.2, 0.25) is 0 Å². The SMILES string of the molecule is CC[C@H]1CC[C@@]2(C)C(CCC3(C)C2CC(O)C2C(C4(C)CC(O)C(C(C)(C)O)O4)CCC23C)C1(C)CO. The van der Waals surface area contributed by atoms with Crippen molar-refractivity contribution < 1.29 is 25.2 Å². The van der Waals surface area contributed by atoms with Gasteiger partial charge in [-0.3, -0.25) is 0 Å². The molecule has 5 heteroatoms. The van der Waals surface area contributed by atoms with Gasteiger partial charge in [0.15, 0.2) is 0 Å². The number of hydrogen-bond donors (Lipinski definition) is 4. The first-order valence-corrected chi connectivity index (χ1v) is 15.4. The lowest BCUT2D eigenvalue weighted by Gasteiger charge is -2.71. The molecule has 1 aliphatic heterocycles. The zero-order valence-electron chi connectivity index (χ0n) is 24.9. The summed E-state index contributed by atoms with van der Waals surface area (Å²) in [5.74, 6) is 1.79. The van der Waals surface area contributed by atoms with E-state index in [2.05, 4.69) is 41.5 Å². The molecule has 0 aromatic rings. The van der Waals surface area contributed by atoms with Crippen molar-refractivity contribution in [1.82, 2.24) is 0 Å². The van der Waals surface area contributed by atoms with Crippen LogP contribution in [0.25, 0.3) is 0 Å². The third-order valence-corrected chi connectivity index (χ3v) is 14.1. The molecule has 0 spiro atoms. The summed E-state index contributed by atoms with van der Waals surface area (Å²) in [5.41, 5.74) is -1.46. The van der Waals surface area contributed by atoms with E-state index in [1.165, 1.54) is 12.8 Å². The van der Waals surface area contributed by atoms with Gasteiger partial charge in [-0.15, -0.1) is 0 Å². The molecule has 5 aliphatic rings. The van der Waals surface area contributed by atoms with Crippen molar-refractivity contribution in [3.05, 3.63) is 0 Å². The van der Waals surface area contributed by atoms with Crippen molar-refractivity contribution in [2.45, 2.75) is 143 Å². The van der Waals surface area contributed by atoms with E-state index < -0.39 is 29.5 Å². The van der Waals surface area contributed by atoms with Crippen LogP contribution in [0.2, 0.25) is 0 Å². The Morgan fingerprint density at radius 2 is 1.51 bits per heavy atom. The molecule has 5 fully saturated rings. The number of aliphatic hydroxyl groups is 4. The average molecular weight is 521 g/mol. The molecular formula is C32H56O5. The number of aliphatic hydroxyl groups excluding tert-OH is 3. The highest BCUT2D eigenvalue weighted by Gasteiger charge is 2.72. The fourth-order valence-electron chi connectivity index (χ4n) is 12.0. The molecule has 0 bridgehead atoms. The Labute approximate surface area is 225 Å². The average Bonchev–Trinajstić information content (AvgIpc) is 3.34. The Balaban J connectivity index is 1.49. The molecule has 13 atom stereocenters. The van der Waals surface area contributed by atoms with Gasteiger partial charge in [-0.25, -0.2) is 0 Å². The molecule has 5 rings (SSSR count). The van der Waals surface area contributed by atoms with Gasteiger partial charge < -0.3 is 25.2 Å². The summed E-state index contributed by atoms with van der Waals surface area (Å²) in [6, 6.07) is 0. The van der Waals surface area contributed by atoms with E-state index in [4.69, 9.17) is 4.74 Å². The predicted octanol–water partition coefficient (Wildman–Crippen LogP) is 5.32. The first-order valence-electron chi connectivity index (χ1n) is 15.4. The van der Waals surface area contributed by atoms with Crippen LogP contribution in [0.15, 0.2) is 0 Å². The second kappa shape index (κ2) is 8.65. The topological polar surface area (TPSA) is 90.2 Å². The van der Waals surface area contributed by atoms with E-state index in [9.17, 15) is 20.4 Å². The lowest BCUT2D eigenvalue weighted by molar-refractivity contribution is -0.249. The largest absolute Gasteiger partial charge is 0.396 e. The summed E-state index contributed by atoms with van der Waals surface area (Å²) in [6.07, 6.45) is 7.53. The zero-order chi connectivity index (χ0) is 27.4. The standard InChI is InChI=1S/C32H56O5/c1-9-19-10-13-28(4)23(29(19,5)18-33)12-15-30(6)24(28)16-21(34)25-20(11-14-31(25,30)7)32(8)17-22(35)26(37-32)27(2,3)36/h19-26,33-36H,9-18H2,1-8H3/t19-,20?,21?,22?,23?,24?,25?,26?,28-,29?,30?,31?,32?/m0/s1. The van der Waals surface area contributed by atoms with Crippen molar-refractivity contribution >= 4 is 0 Å². The molecule has 0 radical (unpaired) electrons. The number of hydrogen-bond acceptors (Lipinski definition) is 5. The lowest BCUT2D eigenvalue weighted by atomic mass is 9.34. The normalized spacial score (nSPS) is 58.1. The highest BCUT2D eigenvalue weighted by Crippen LogP contribution is 2.76. The Kier molecular flexibility index (Phi) is 6.62. The van der Waals surface area contributed by atoms with Gasteiger partial charge in [0.05, 0.1) is 23.4 Å². The van der Waals surface area contributed by atoms with Crippen molar-refractivity contribution in [2.75, 3.05) is 6.61 Å². The minimum Gasteiger partial charge on any atom is -0.396 e. The minimum absolute atomic E-state index is 0.00462. The first kappa shape index (κ1) is 28.3. The quantitative estimate of drug-likeness (QED) is 0.403. The molecule has 0 aromatic carbocycles. The van der Waals surface area contributed by atoms with Gasteiger partial charge in [-0.1, -0.05) is 41.0 Å². The summed E-state index contributed by atoms with van der Waals surface area (Å²) in [5, 5.41) is 44.3. The van der Waals surface area contributed by atoms with Gasteiger partial charge in [0.1, 0.15) is 6.10 Å².